The fourth-order valence-corrected chi connectivity index (χ4v) is 7.39. The van der Waals surface area contributed by atoms with Gasteiger partial charge in [0.15, 0.2) is 5.96 Å². The van der Waals surface area contributed by atoms with Gasteiger partial charge in [0.05, 0.1) is 12.5 Å². The molecule has 1 aromatic carbocycles. The van der Waals surface area contributed by atoms with E-state index in [1.54, 1.807) is 32.4 Å². The number of guanidine groups is 1. The van der Waals surface area contributed by atoms with Gasteiger partial charge in [-0.1, -0.05) is 32.0 Å². The molecule has 0 aliphatic rings. The number of carboxylic acid groups (broad SMARTS) is 2. The first-order valence-electron chi connectivity index (χ1n) is 22.3. The van der Waals surface area contributed by atoms with E-state index in [4.69, 9.17) is 33.8 Å². The number of aromatic nitrogens is 1. The number of carboxylic acids is 2. The second-order valence-electron chi connectivity index (χ2n) is 16.6. The molecule has 0 saturated carbocycles. The molecular formula is C43H69N13O11S. The number of hydrogen-bond donors (Lipinski definition) is 14. The van der Waals surface area contributed by atoms with E-state index in [1.807, 2.05) is 18.2 Å². The van der Waals surface area contributed by atoms with Gasteiger partial charge in [0.25, 0.3) is 0 Å². The van der Waals surface area contributed by atoms with E-state index in [0.29, 0.717) is 24.2 Å². The van der Waals surface area contributed by atoms with Crippen LogP contribution in [-0.2, 0) is 49.6 Å². The third-order valence-electron chi connectivity index (χ3n) is 10.5. The zero-order valence-electron chi connectivity index (χ0n) is 38.7. The average Bonchev–Trinajstić information content (AvgIpc) is 3.68. The molecule has 68 heavy (non-hydrogen) atoms. The van der Waals surface area contributed by atoms with E-state index in [0.717, 1.165) is 10.9 Å². The summed E-state index contributed by atoms with van der Waals surface area (Å²) in [6, 6.07) is -2.32. The lowest BCUT2D eigenvalue weighted by molar-refractivity contribution is -0.142. The van der Waals surface area contributed by atoms with Gasteiger partial charge in [0.2, 0.25) is 41.4 Å². The molecule has 0 radical (unpaired) electrons. The number of nitrogens with two attached hydrogens (primary N) is 5. The van der Waals surface area contributed by atoms with Crippen molar-refractivity contribution in [3.63, 3.8) is 0 Å². The zero-order valence-corrected chi connectivity index (χ0v) is 39.5. The molecule has 0 unspecified atom stereocenters. The number of unbranched alkanes of at least 4 members (excludes halogenated alkanes) is 1. The van der Waals surface area contributed by atoms with E-state index < -0.39 is 108 Å². The van der Waals surface area contributed by atoms with Crippen LogP contribution in [0.1, 0.15) is 83.6 Å². The summed E-state index contributed by atoms with van der Waals surface area (Å²) in [6.45, 7) is 3.81. The molecule has 378 valence electrons. The van der Waals surface area contributed by atoms with Crippen LogP contribution in [0.5, 0.6) is 0 Å². The quantitative estimate of drug-likeness (QED) is 0.0204. The maximum absolute atomic E-state index is 14.3. The first-order chi connectivity index (χ1) is 32.2. The first-order valence-corrected chi connectivity index (χ1v) is 23.7. The summed E-state index contributed by atoms with van der Waals surface area (Å²) in [6.07, 6.45) is 2.98. The Morgan fingerprint density at radius 1 is 0.691 bits per heavy atom. The number of aliphatic carboxylic acids is 2. The van der Waals surface area contributed by atoms with Gasteiger partial charge in [-0.05, 0) is 87.5 Å². The summed E-state index contributed by atoms with van der Waals surface area (Å²) in [4.78, 5) is 125. The second kappa shape index (κ2) is 30.0. The molecule has 7 amide bonds. The molecule has 0 aliphatic carbocycles. The van der Waals surface area contributed by atoms with E-state index in [-0.39, 0.29) is 69.9 Å². The highest BCUT2D eigenvalue weighted by atomic mass is 32.2. The number of nitrogens with zero attached hydrogens (tertiary/aromatic N) is 1. The maximum Gasteiger partial charge on any atom is 0.326 e. The summed E-state index contributed by atoms with van der Waals surface area (Å²) >= 11 is 1.39. The molecule has 0 aliphatic heterocycles. The number of aromatic amines is 1. The molecule has 0 bridgehead atoms. The van der Waals surface area contributed by atoms with Crippen LogP contribution in [0.15, 0.2) is 35.5 Å². The smallest absolute Gasteiger partial charge is 0.326 e. The highest BCUT2D eigenvalue weighted by molar-refractivity contribution is 7.98. The number of carbonyl (C=O) groups is 9. The lowest BCUT2D eigenvalue weighted by atomic mass is 10.0. The Morgan fingerprint density at radius 3 is 1.81 bits per heavy atom. The first kappa shape index (κ1) is 57.7. The Labute approximate surface area is 398 Å². The number of rotatable bonds is 33. The number of para-hydroxylation sites is 1. The molecule has 25 heteroatoms. The predicted molar refractivity (Wildman–Crippen MR) is 255 cm³/mol. The summed E-state index contributed by atoms with van der Waals surface area (Å²) in [5.41, 5.74) is 29.3. The lowest BCUT2D eigenvalue weighted by Crippen LogP contribution is -2.60. The molecule has 0 fully saturated rings. The number of aliphatic imine (C=N–C) groups is 1. The van der Waals surface area contributed by atoms with E-state index in [9.17, 15) is 48.3 Å². The van der Waals surface area contributed by atoms with Gasteiger partial charge in [-0.3, -0.25) is 43.3 Å². The fraction of sp³-hybridized carbons (Fsp3) is 0.581. The SMILES string of the molecule is CSCC[C@H](NC(=O)[C@H](Cc1c[nH]c2ccccc12)NC(=O)[C@H](CCCN=C(N)N)NC(=O)[C@H](CCCCN)NC(=O)[C@H](CC(C)C)NC(=O)[C@H](CC(N)=O)NC(=O)[C@@H](N)CCC(=O)O)C(=O)O. The van der Waals surface area contributed by atoms with Crippen molar-refractivity contribution in [2.75, 3.05) is 25.1 Å². The van der Waals surface area contributed by atoms with Crippen LogP contribution in [0.3, 0.4) is 0 Å². The normalized spacial score (nSPS) is 14.2. The van der Waals surface area contributed by atoms with Crippen LogP contribution in [-0.4, -0.2) is 142 Å². The Morgan fingerprint density at radius 2 is 1.24 bits per heavy atom. The van der Waals surface area contributed by atoms with Gasteiger partial charge in [-0.2, -0.15) is 11.8 Å². The number of hydrogen-bond acceptors (Lipinski definition) is 13. The third kappa shape index (κ3) is 21.0. The largest absolute Gasteiger partial charge is 0.481 e. The standard InChI is InChI=1S/C43H69N13O11S/c1-23(2)19-31(55-41(65)33(21-34(46)57)54-36(60)26(45)13-14-35(58)59)39(63)52-28(11-6-7-16-44)37(61)51-29(12-8-17-49-43(47)48)38(62)56-32(40(64)53-30(42(66)67)15-18-68-3)20-24-22-50-27-10-5-4-9-25(24)27/h4-5,9-10,22-23,26,28-33,50H,6-8,11-21,44-45H2,1-3H3,(H2,46,57)(H,51,61)(H,52,63)(H,53,64)(H,54,60)(H,55,65)(H,56,62)(H,58,59)(H,66,67)(H4,47,48,49)/t26-,28-,29-,30-,31-,32-,33-/m0/s1. The van der Waals surface area contributed by atoms with Crippen LogP contribution >= 0.6 is 11.8 Å². The molecule has 0 saturated heterocycles. The number of primary amides is 1. The molecular weight excluding hydrogens is 907 g/mol. The van der Waals surface area contributed by atoms with Gasteiger partial charge < -0.3 is 75.8 Å². The monoisotopic (exact) mass is 975 g/mol. The minimum Gasteiger partial charge on any atom is -0.481 e. The maximum atomic E-state index is 14.3. The molecule has 24 nitrogen and oxygen atoms in total. The van der Waals surface area contributed by atoms with Crippen LogP contribution in [0, 0.1) is 5.92 Å². The molecule has 2 rings (SSSR count). The summed E-state index contributed by atoms with van der Waals surface area (Å²) < 4.78 is 0. The number of nitrogens with one attached hydrogen (secondary N) is 7. The fourth-order valence-electron chi connectivity index (χ4n) is 6.92. The Bertz CT molecular complexity index is 2060. The van der Waals surface area contributed by atoms with E-state index in [1.165, 1.54) is 11.8 Å². The van der Waals surface area contributed by atoms with Gasteiger partial charge in [0.1, 0.15) is 36.3 Å². The average molecular weight is 976 g/mol. The van der Waals surface area contributed by atoms with E-state index in [2.05, 4.69) is 41.9 Å². The van der Waals surface area contributed by atoms with Gasteiger partial charge in [-0.25, -0.2) is 4.79 Å². The molecule has 2 aromatic rings. The predicted octanol–water partition coefficient (Wildman–Crippen LogP) is -2.25. The minimum atomic E-state index is -1.60. The Kier molecular flexibility index (Phi) is 25.5. The summed E-state index contributed by atoms with van der Waals surface area (Å²) in [7, 11) is 0. The molecule has 7 atom stereocenters. The Balaban J connectivity index is 2.48. The van der Waals surface area contributed by atoms with Crippen molar-refractivity contribution in [3.8, 4) is 0 Å². The van der Waals surface area contributed by atoms with Crippen LogP contribution in [0.25, 0.3) is 10.9 Å². The van der Waals surface area contributed by atoms with Gasteiger partial charge in [0, 0.05) is 36.5 Å². The third-order valence-corrected chi connectivity index (χ3v) is 11.1. The minimum absolute atomic E-state index is 0.0137. The summed E-state index contributed by atoms with van der Waals surface area (Å²) in [5, 5.41) is 35.1. The van der Waals surface area contributed by atoms with Crippen LogP contribution in [0.4, 0.5) is 0 Å². The Hall–Kier alpha value is -6.47. The van der Waals surface area contributed by atoms with Crippen molar-refractivity contribution in [2.24, 2.45) is 39.6 Å². The van der Waals surface area contributed by atoms with E-state index >= 15 is 0 Å². The number of carbonyl (C=O) groups excluding carboxylic acids is 7. The van der Waals surface area contributed by atoms with Crippen molar-refractivity contribution in [3.05, 3.63) is 36.0 Å². The van der Waals surface area contributed by atoms with Crippen molar-refractivity contribution >= 4 is 81.9 Å². The molecule has 1 aromatic heterocycles. The number of thioether (sulfide) groups is 1. The van der Waals surface area contributed by atoms with Crippen molar-refractivity contribution in [1.29, 1.82) is 0 Å². The zero-order chi connectivity index (χ0) is 50.9. The van der Waals surface area contributed by atoms with Crippen molar-refractivity contribution in [1.82, 2.24) is 36.9 Å². The van der Waals surface area contributed by atoms with Crippen molar-refractivity contribution in [2.45, 2.75) is 127 Å². The molecule has 1 heterocycles. The van der Waals surface area contributed by atoms with Gasteiger partial charge in [-0.15, -0.1) is 0 Å². The van der Waals surface area contributed by atoms with Crippen molar-refractivity contribution < 1.29 is 53.4 Å². The molecule has 0 spiro atoms. The molecule has 19 N–H and O–H groups in total. The van der Waals surface area contributed by atoms with Gasteiger partial charge >= 0.3 is 11.9 Å². The summed E-state index contributed by atoms with van der Waals surface area (Å²) in [5.74, 6) is -8.66. The number of benzene rings is 1. The van der Waals surface area contributed by atoms with Crippen LogP contribution in [0.2, 0.25) is 0 Å². The van der Waals surface area contributed by atoms with Crippen LogP contribution < -0.4 is 60.6 Å². The topological polar surface area (TPSA) is 425 Å². The highest BCUT2D eigenvalue weighted by Gasteiger charge is 2.34. The lowest BCUT2D eigenvalue weighted by Gasteiger charge is -2.28. The number of amides is 7. The number of fused-ring (bicyclic) bond motifs is 1. The highest BCUT2D eigenvalue weighted by Crippen LogP contribution is 2.20. The second-order valence-corrected chi connectivity index (χ2v) is 17.6. The number of H-pyrrole nitrogens is 1.